The molecule has 6 heteroatoms. The Morgan fingerprint density at radius 2 is 1.93 bits per heavy atom. The fraction of sp³-hybridized carbons (Fsp3) is 0.364. The molecule has 3 rings (SSSR count). The first-order valence-electron chi connectivity index (χ1n) is 9.52. The number of benzene rings is 2. The van der Waals surface area contributed by atoms with Gasteiger partial charge < -0.3 is 19.7 Å². The fourth-order valence-electron chi connectivity index (χ4n) is 3.37. The Balaban J connectivity index is 1.51. The SMILES string of the molecule is COc1ccc(CCCNC(=O)c2cccc(N3CCCC3=O)c2)cc1OC. The summed E-state index contributed by atoms with van der Waals surface area (Å²) in [5.74, 6) is 1.40. The van der Waals surface area contributed by atoms with Crippen molar-refractivity contribution in [2.45, 2.75) is 25.7 Å². The quantitative estimate of drug-likeness (QED) is 0.712. The maximum absolute atomic E-state index is 12.4. The number of aryl methyl sites for hydroxylation is 1. The van der Waals surface area contributed by atoms with Gasteiger partial charge in [-0.15, -0.1) is 0 Å². The van der Waals surface area contributed by atoms with Gasteiger partial charge in [0.2, 0.25) is 5.91 Å². The molecule has 0 aromatic heterocycles. The van der Waals surface area contributed by atoms with Crippen LogP contribution >= 0.6 is 0 Å². The van der Waals surface area contributed by atoms with E-state index in [1.165, 1.54) is 0 Å². The number of hydrogen-bond donors (Lipinski definition) is 1. The van der Waals surface area contributed by atoms with E-state index in [4.69, 9.17) is 9.47 Å². The summed E-state index contributed by atoms with van der Waals surface area (Å²) >= 11 is 0. The number of hydrogen-bond acceptors (Lipinski definition) is 4. The topological polar surface area (TPSA) is 67.9 Å². The number of rotatable bonds is 8. The number of methoxy groups -OCH3 is 2. The standard InChI is InChI=1S/C22H26N2O4/c1-27-19-11-10-16(14-20(19)28-2)6-4-12-23-22(26)17-7-3-8-18(15-17)24-13-5-9-21(24)25/h3,7-8,10-11,14-15H,4-6,9,12-13H2,1-2H3,(H,23,26). The molecule has 0 unspecified atom stereocenters. The Labute approximate surface area is 165 Å². The number of carbonyl (C=O) groups excluding carboxylic acids is 2. The normalized spacial score (nSPS) is 13.5. The first kappa shape index (κ1) is 19.7. The Kier molecular flexibility index (Phi) is 6.53. The van der Waals surface area contributed by atoms with Gasteiger partial charge in [0, 0.05) is 30.8 Å². The maximum Gasteiger partial charge on any atom is 0.251 e. The summed E-state index contributed by atoms with van der Waals surface area (Å²) in [5, 5.41) is 2.95. The summed E-state index contributed by atoms with van der Waals surface area (Å²) in [6.45, 7) is 1.29. The Hall–Kier alpha value is -3.02. The highest BCUT2D eigenvalue weighted by molar-refractivity contribution is 5.99. The maximum atomic E-state index is 12.4. The number of nitrogens with zero attached hydrogens (tertiary/aromatic N) is 1. The average molecular weight is 382 g/mol. The van der Waals surface area contributed by atoms with Gasteiger partial charge in [-0.1, -0.05) is 12.1 Å². The van der Waals surface area contributed by atoms with Crippen molar-refractivity contribution in [2.24, 2.45) is 0 Å². The largest absolute Gasteiger partial charge is 0.493 e. The third-order valence-electron chi connectivity index (χ3n) is 4.87. The van der Waals surface area contributed by atoms with Gasteiger partial charge in [0.1, 0.15) is 0 Å². The van der Waals surface area contributed by atoms with Gasteiger partial charge in [0.25, 0.3) is 5.91 Å². The van der Waals surface area contributed by atoms with Crippen LogP contribution in [-0.4, -0.2) is 39.1 Å². The molecule has 0 bridgehead atoms. The molecule has 2 aromatic carbocycles. The molecule has 1 N–H and O–H groups in total. The monoisotopic (exact) mass is 382 g/mol. The highest BCUT2D eigenvalue weighted by atomic mass is 16.5. The molecule has 1 aliphatic heterocycles. The van der Waals surface area contributed by atoms with Crippen molar-refractivity contribution in [3.63, 3.8) is 0 Å². The van der Waals surface area contributed by atoms with Crippen LogP contribution in [0.4, 0.5) is 5.69 Å². The molecule has 148 valence electrons. The lowest BCUT2D eigenvalue weighted by Crippen LogP contribution is -2.26. The van der Waals surface area contributed by atoms with Gasteiger partial charge in [-0.05, 0) is 55.2 Å². The van der Waals surface area contributed by atoms with E-state index >= 15 is 0 Å². The van der Waals surface area contributed by atoms with Crippen LogP contribution in [0.3, 0.4) is 0 Å². The van der Waals surface area contributed by atoms with E-state index in [0.29, 0.717) is 30.0 Å². The Morgan fingerprint density at radius 1 is 1.11 bits per heavy atom. The molecule has 1 heterocycles. The molecule has 28 heavy (non-hydrogen) atoms. The summed E-state index contributed by atoms with van der Waals surface area (Å²) in [6.07, 6.45) is 3.08. The molecule has 0 atom stereocenters. The van der Waals surface area contributed by atoms with Gasteiger partial charge >= 0.3 is 0 Å². The minimum atomic E-state index is -0.124. The predicted molar refractivity (Wildman–Crippen MR) is 108 cm³/mol. The van der Waals surface area contributed by atoms with Crippen LogP contribution in [0.2, 0.25) is 0 Å². The Bertz CT molecular complexity index is 850. The molecule has 6 nitrogen and oxygen atoms in total. The smallest absolute Gasteiger partial charge is 0.251 e. The number of nitrogens with one attached hydrogen (secondary N) is 1. The van der Waals surface area contributed by atoms with E-state index < -0.39 is 0 Å². The van der Waals surface area contributed by atoms with Crippen molar-refractivity contribution in [1.82, 2.24) is 5.32 Å². The summed E-state index contributed by atoms with van der Waals surface area (Å²) in [4.78, 5) is 26.1. The molecule has 2 aromatic rings. The van der Waals surface area contributed by atoms with Gasteiger partial charge in [0.15, 0.2) is 11.5 Å². The van der Waals surface area contributed by atoms with Gasteiger partial charge in [0.05, 0.1) is 14.2 Å². The van der Waals surface area contributed by atoms with Crippen molar-refractivity contribution in [1.29, 1.82) is 0 Å². The number of ether oxygens (including phenoxy) is 2. The van der Waals surface area contributed by atoms with Gasteiger partial charge in [-0.25, -0.2) is 0 Å². The summed E-state index contributed by atoms with van der Waals surface area (Å²) in [5.41, 5.74) is 2.49. The second kappa shape index (κ2) is 9.26. The number of anilines is 1. The van der Waals surface area contributed by atoms with Crippen LogP contribution in [0.1, 0.15) is 35.2 Å². The van der Waals surface area contributed by atoms with Crippen molar-refractivity contribution in [3.05, 3.63) is 53.6 Å². The van der Waals surface area contributed by atoms with E-state index in [1.54, 1.807) is 31.3 Å². The molecule has 2 amide bonds. The van der Waals surface area contributed by atoms with Crippen LogP contribution < -0.4 is 19.7 Å². The first-order chi connectivity index (χ1) is 13.6. The molecule has 1 saturated heterocycles. The summed E-state index contributed by atoms with van der Waals surface area (Å²) in [6, 6.07) is 13.1. The molecule has 0 radical (unpaired) electrons. The van der Waals surface area contributed by atoms with E-state index in [1.807, 2.05) is 30.3 Å². The van der Waals surface area contributed by atoms with Crippen LogP contribution in [0, 0.1) is 0 Å². The second-order valence-electron chi connectivity index (χ2n) is 6.75. The number of amides is 2. The average Bonchev–Trinajstić information content (AvgIpc) is 3.16. The van der Waals surface area contributed by atoms with Crippen molar-refractivity contribution >= 4 is 17.5 Å². The van der Waals surface area contributed by atoms with E-state index in [-0.39, 0.29) is 11.8 Å². The zero-order chi connectivity index (χ0) is 19.9. The molecule has 1 fully saturated rings. The van der Waals surface area contributed by atoms with Gasteiger partial charge in [-0.2, -0.15) is 0 Å². The van der Waals surface area contributed by atoms with E-state index in [2.05, 4.69) is 5.32 Å². The zero-order valence-electron chi connectivity index (χ0n) is 16.4. The molecular formula is C22H26N2O4. The van der Waals surface area contributed by atoms with Crippen LogP contribution in [0.5, 0.6) is 11.5 Å². The Morgan fingerprint density at radius 3 is 2.64 bits per heavy atom. The molecule has 0 aliphatic carbocycles. The minimum Gasteiger partial charge on any atom is -0.493 e. The van der Waals surface area contributed by atoms with Crippen molar-refractivity contribution in [2.75, 3.05) is 32.2 Å². The van der Waals surface area contributed by atoms with E-state index in [0.717, 1.165) is 37.1 Å². The van der Waals surface area contributed by atoms with Gasteiger partial charge in [-0.3, -0.25) is 9.59 Å². The highest BCUT2D eigenvalue weighted by Crippen LogP contribution is 2.28. The van der Waals surface area contributed by atoms with Crippen LogP contribution in [0.25, 0.3) is 0 Å². The summed E-state index contributed by atoms with van der Waals surface area (Å²) in [7, 11) is 3.23. The lowest BCUT2D eigenvalue weighted by molar-refractivity contribution is -0.117. The lowest BCUT2D eigenvalue weighted by Gasteiger charge is -2.16. The van der Waals surface area contributed by atoms with E-state index in [9.17, 15) is 9.59 Å². The minimum absolute atomic E-state index is 0.118. The molecule has 0 spiro atoms. The van der Waals surface area contributed by atoms with Crippen LogP contribution in [0.15, 0.2) is 42.5 Å². The zero-order valence-corrected chi connectivity index (χ0v) is 16.4. The highest BCUT2D eigenvalue weighted by Gasteiger charge is 2.22. The first-order valence-corrected chi connectivity index (χ1v) is 9.52. The second-order valence-corrected chi connectivity index (χ2v) is 6.75. The van der Waals surface area contributed by atoms with Crippen molar-refractivity contribution in [3.8, 4) is 11.5 Å². The van der Waals surface area contributed by atoms with Crippen molar-refractivity contribution < 1.29 is 19.1 Å². The molecule has 1 aliphatic rings. The molecular weight excluding hydrogens is 356 g/mol. The third kappa shape index (κ3) is 4.63. The third-order valence-corrected chi connectivity index (χ3v) is 4.87. The predicted octanol–water partition coefficient (Wildman–Crippen LogP) is 3.19. The fourth-order valence-corrected chi connectivity index (χ4v) is 3.37. The lowest BCUT2D eigenvalue weighted by atomic mass is 10.1. The number of carbonyl (C=O) groups is 2. The molecule has 0 saturated carbocycles. The van der Waals surface area contributed by atoms with Crippen LogP contribution in [-0.2, 0) is 11.2 Å². The summed E-state index contributed by atoms with van der Waals surface area (Å²) < 4.78 is 10.6.